The molecule has 1 aromatic carbocycles. The lowest BCUT2D eigenvalue weighted by Crippen LogP contribution is -2.29. The van der Waals surface area contributed by atoms with Crippen molar-refractivity contribution in [3.05, 3.63) is 24.3 Å². The van der Waals surface area contributed by atoms with Crippen LogP contribution in [-0.4, -0.2) is 45.9 Å². The van der Waals surface area contributed by atoms with Crippen molar-refractivity contribution in [1.29, 1.82) is 0 Å². The Kier molecular flexibility index (Phi) is 6.43. The fourth-order valence-electron chi connectivity index (χ4n) is 1.32. The molecule has 0 amide bonds. The molecule has 0 radical (unpaired) electrons. The van der Waals surface area contributed by atoms with Crippen LogP contribution in [0.2, 0.25) is 0 Å². The van der Waals surface area contributed by atoms with E-state index >= 15 is 0 Å². The van der Waals surface area contributed by atoms with Crippen LogP contribution in [0.1, 0.15) is 6.92 Å². The zero-order chi connectivity index (χ0) is 15.0. The van der Waals surface area contributed by atoms with Gasteiger partial charge in [-0.05, 0) is 31.2 Å². The summed E-state index contributed by atoms with van der Waals surface area (Å²) in [4.78, 5) is 10.3. The lowest BCUT2D eigenvalue weighted by Gasteiger charge is -2.08. The molecule has 112 valence electrons. The smallest absolute Gasteiger partial charge is 0.318 e. The van der Waals surface area contributed by atoms with Gasteiger partial charge in [0.2, 0.25) is 10.0 Å². The average molecular weight is 303 g/mol. The van der Waals surface area contributed by atoms with Crippen molar-refractivity contribution in [2.45, 2.75) is 11.8 Å². The van der Waals surface area contributed by atoms with Crippen molar-refractivity contribution in [1.82, 2.24) is 4.72 Å². The molecule has 2 N–H and O–H groups in total. The summed E-state index contributed by atoms with van der Waals surface area (Å²) in [5.74, 6) is -0.730. The van der Waals surface area contributed by atoms with Gasteiger partial charge in [-0.1, -0.05) is 0 Å². The van der Waals surface area contributed by atoms with Gasteiger partial charge in [-0.15, -0.1) is 0 Å². The van der Waals surface area contributed by atoms with E-state index in [0.717, 1.165) is 0 Å². The molecule has 0 aromatic heterocycles. The Morgan fingerprint density at radius 2 is 1.90 bits per heavy atom. The number of sulfonamides is 1. The second-order valence-electron chi connectivity index (χ2n) is 3.74. The summed E-state index contributed by atoms with van der Waals surface area (Å²) in [5, 5.41) is 8.45. The summed E-state index contributed by atoms with van der Waals surface area (Å²) in [5.41, 5.74) is 0. The molecule has 7 nitrogen and oxygen atoms in total. The van der Waals surface area contributed by atoms with Crippen LogP contribution in [0.5, 0.6) is 5.75 Å². The monoisotopic (exact) mass is 303 g/mol. The van der Waals surface area contributed by atoms with Crippen LogP contribution in [0.15, 0.2) is 29.2 Å². The number of aliphatic carboxylic acids is 1. The number of carbonyl (C=O) groups is 1. The first-order chi connectivity index (χ1) is 9.45. The van der Waals surface area contributed by atoms with Gasteiger partial charge in [0.15, 0.2) is 0 Å². The Bertz CT molecular complexity index is 525. The van der Waals surface area contributed by atoms with Gasteiger partial charge >= 0.3 is 5.97 Å². The molecule has 0 fully saturated rings. The van der Waals surface area contributed by atoms with Gasteiger partial charge in [0, 0.05) is 6.61 Å². The summed E-state index contributed by atoms with van der Waals surface area (Å²) in [6.45, 7) is 2.66. The zero-order valence-electron chi connectivity index (χ0n) is 11.0. The molecule has 0 unspecified atom stereocenters. The number of nitrogens with one attached hydrogen (secondary N) is 1. The molecule has 0 heterocycles. The average Bonchev–Trinajstić information content (AvgIpc) is 2.42. The maximum absolute atomic E-state index is 11.7. The van der Waals surface area contributed by atoms with Gasteiger partial charge in [-0.2, -0.15) is 4.72 Å². The van der Waals surface area contributed by atoms with Crippen molar-refractivity contribution in [2.24, 2.45) is 0 Å². The fourth-order valence-corrected chi connectivity index (χ4v) is 2.29. The highest BCUT2D eigenvalue weighted by atomic mass is 32.2. The number of hydrogen-bond donors (Lipinski definition) is 2. The van der Waals surface area contributed by atoms with Crippen LogP contribution in [0.3, 0.4) is 0 Å². The summed E-state index contributed by atoms with van der Waals surface area (Å²) in [7, 11) is -3.81. The third kappa shape index (κ3) is 5.55. The van der Waals surface area contributed by atoms with Gasteiger partial charge in [-0.25, -0.2) is 8.42 Å². The van der Waals surface area contributed by atoms with Crippen molar-refractivity contribution < 1.29 is 27.8 Å². The second kappa shape index (κ2) is 7.83. The van der Waals surface area contributed by atoms with Crippen LogP contribution in [0.4, 0.5) is 0 Å². The van der Waals surface area contributed by atoms with E-state index in [0.29, 0.717) is 25.6 Å². The predicted molar refractivity (Wildman–Crippen MR) is 71.3 cm³/mol. The normalized spacial score (nSPS) is 11.2. The standard InChI is InChI=1S/C12H17NO6S/c1-2-18-7-8-19-10-3-5-11(6-4-10)20(16,17)13-9-12(14)15/h3-6,13H,2,7-9H2,1H3,(H,14,15). The predicted octanol–water partition coefficient (Wildman–Crippen LogP) is 0.465. The number of ether oxygens (including phenoxy) is 2. The molecule has 0 aliphatic heterocycles. The highest BCUT2D eigenvalue weighted by molar-refractivity contribution is 7.89. The van der Waals surface area contributed by atoms with Gasteiger partial charge in [0.25, 0.3) is 0 Å². The van der Waals surface area contributed by atoms with Crippen LogP contribution >= 0.6 is 0 Å². The van der Waals surface area contributed by atoms with E-state index in [2.05, 4.69) is 0 Å². The largest absolute Gasteiger partial charge is 0.491 e. The Morgan fingerprint density at radius 1 is 1.25 bits per heavy atom. The molecule has 0 saturated carbocycles. The summed E-state index contributed by atoms with van der Waals surface area (Å²) in [6, 6.07) is 5.70. The first-order valence-electron chi connectivity index (χ1n) is 5.98. The molecule has 0 spiro atoms. The minimum Gasteiger partial charge on any atom is -0.491 e. The highest BCUT2D eigenvalue weighted by Crippen LogP contribution is 2.15. The fraction of sp³-hybridized carbons (Fsp3) is 0.417. The van der Waals surface area contributed by atoms with Gasteiger partial charge < -0.3 is 14.6 Å². The number of hydrogen-bond acceptors (Lipinski definition) is 5. The minimum absolute atomic E-state index is 0.0177. The minimum atomic E-state index is -3.81. The lowest BCUT2D eigenvalue weighted by atomic mass is 10.3. The molecule has 0 aliphatic rings. The quantitative estimate of drug-likeness (QED) is 0.643. The van der Waals surface area contributed by atoms with Crippen LogP contribution in [-0.2, 0) is 19.6 Å². The first kappa shape index (κ1) is 16.4. The number of benzene rings is 1. The maximum atomic E-state index is 11.7. The molecular weight excluding hydrogens is 286 g/mol. The van der Waals surface area contributed by atoms with Crippen LogP contribution in [0, 0.1) is 0 Å². The topological polar surface area (TPSA) is 102 Å². The lowest BCUT2D eigenvalue weighted by molar-refractivity contribution is -0.135. The van der Waals surface area contributed by atoms with E-state index in [1.807, 2.05) is 11.6 Å². The van der Waals surface area contributed by atoms with Crippen molar-refractivity contribution in [3.63, 3.8) is 0 Å². The van der Waals surface area contributed by atoms with Crippen molar-refractivity contribution in [3.8, 4) is 5.75 Å². The first-order valence-corrected chi connectivity index (χ1v) is 7.46. The van der Waals surface area contributed by atoms with Crippen molar-refractivity contribution >= 4 is 16.0 Å². The molecule has 1 rings (SSSR count). The molecule has 20 heavy (non-hydrogen) atoms. The third-order valence-electron chi connectivity index (χ3n) is 2.25. The van der Waals surface area contributed by atoms with Gasteiger partial charge in [0.05, 0.1) is 11.5 Å². The van der Waals surface area contributed by atoms with Gasteiger partial charge in [-0.3, -0.25) is 4.79 Å². The van der Waals surface area contributed by atoms with Crippen LogP contribution < -0.4 is 9.46 Å². The SMILES string of the molecule is CCOCCOc1ccc(S(=O)(=O)NCC(=O)O)cc1. The highest BCUT2D eigenvalue weighted by Gasteiger charge is 2.14. The van der Waals surface area contributed by atoms with E-state index in [9.17, 15) is 13.2 Å². The molecule has 0 atom stereocenters. The zero-order valence-corrected chi connectivity index (χ0v) is 11.9. The summed E-state index contributed by atoms with van der Waals surface area (Å²) < 4.78 is 35.8. The summed E-state index contributed by atoms with van der Waals surface area (Å²) in [6.07, 6.45) is 0. The third-order valence-corrected chi connectivity index (χ3v) is 3.67. The van der Waals surface area contributed by atoms with E-state index in [-0.39, 0.29) is 4.90 Å². The Balaban J connectivity index is 2.59. The van der Waals surface area contributed by atoms with Crippen LogP contribution in [0.25, 0.3) is 0 Å². The Labute approximate surface area is 117 Å². The van der Waals surface area contributed by atoms with E-state index in [4.69, 9.17) is 14.6 Å². The van der Waals surface area contributed by atoms with Crippen molar-refractivity contribution in [2.75, 3.05) is 26.4 Å². The molecule has 8 heteroatoms. The molecular formula is C12H17NO6S. The Morgan fingerprint density at radius 3 is 2.45 bits per heavy atom. The molecule has 0 bridgehead atoms. The van der Waals surface area contributed by atoms with E-state index in [1.54, 1.807) is 0 Å². The Hall–Kier alpha value is -1.64. The number of carboxylic acid groups (broad SMARTS) is 1. The molecule has 0 aliphatic carbocycles. The number of carboxylic acids is 1. The number of rotatable bonds is 9. The van der Waals surface area contributed by atoms with E-state index < -0.39 is 22.5 Å². The molecule has 1 aromatic rings. The maximum Gasteiger partial charge on any atom is 0.318 e. The summed E-state index contributed by atoms with van der Waals surface area (Å²) >= 11 is 0. The molecule has 0 saturated heterocycles. The van der Waals surface area contributed by atoms with E-state index in [1.165, 1.54) is 24.3 Å². The van der Waals surface area contributed by atoms with Gasteiger partial charge in [0.1, 0.15) is 18.9 Å². The second-order valence-corrected chi connectivity index (χ2v) is 5.50.